The predicted octanol–water partition coefficient (Wildman–Crippen LogP) is 2.37. The first-order valence-corrected chi connectivity index (χ1v) is 5.84. The van der Waals surface area contributed by atoms with Crippen molar-refractivity contribution in [3.63, 3.8) is 0 Å². The van der Waals surface area contributed by atoms with Crippen LogP contribution in [0.4, 0.5) is 5.69 Å². The summed E-state index contributed by atoms with van der Waals surface area (Å²) in [5, 5.41) is 8.97. The Bertz CT molecular complexity index is 430. The summed E-state index contributed by atoms with van der Waals surface area (Å²) >= 11 is 0. The Morgan fingerprint density at radius 1 is 1.38 bits per heavy atom. The molecular weight excluding hydrogens is 202 g/mol. The molecule has 3 nitrogen and oxygen atoms in total. The van der Waals surface area contributed by atoms with Gasteiger partial charge in [-0.2, -0.15) is 0 Å². The van der Waals surface area contributed by atoms with E-state index in [0.29, 0.717) is 11.6 Å². The molecule has 2 bridgehead atoms. The largest absolute Gasteiger partial charge is 0.478 e. The molecule has 0 aromatic heterocycles. The smallest absolute Gasteiger partial charge is 0.335 e. The van der Waals surface area contributed by atoms with Crippen LogP contribution in [0.25, 0.3) is 0 Å². The molecule has 1 saturated carbocycles. The average molecular weight is 217 g/mol. The average Bonchev–Trinajstić information content (AvgIpc) is 2.91. The van der Waals surface area contributed by atoms with Gasteiger partial charge in [0.25, 0.3) is 0 Å². The van der Waals surface area contributed by atoms with Crippen LogP contribution in [0, 0.1) is 5.92 Å². The molecule has 16 heavy (non-hydrogen) atoms. The van der Waals surface area contributed by atoms with E-state index in [2.05, 4.69) is 4.90 Å². The highest BCUT2D eigenvalue weighted by atomic mass is 16.4. The molecule has 1 heterocycles. The van der Waals surface area contributed by atoms with Crippen LogP contribution < -0.4 is 4.90 Å². The Morgan fingerprint density at radius 2 is 2.25 bits per heavy atom. The molecule has 0 radical (unpaired) electrons. The predicted molar refractivity (Wildman–Crippen MR) is 61.9 cm³/mol. The molecule has 1 aromatic rings. The molecule has 2 atom stereocenters. The molecule has 3 rings (SSSR count). The molecule has 3 heteroatoms. The quantitative estimate of drug-likeness (QED) is 0.826. The number of carbonyl (C=O) groups is 1. The Balaban J connectivity index is 1.89. The number of rotatable bonds is 2. The van der Waals surface area contributed by atoms with Gasteiger partial charge in [-0.05, 0) is 43.4 Å². The number of fused-ring (bicyclic) bond motifs is 2. The maximum Gasteiger partial charge on any atom is 0.335 e. The summed E-state index contributed by atoms with van der Waals surface area (Å²) < 4.78 is 0. The highest BCUT2D eigenvalue weighted by Gasteiger charge is 2.37. The van der Waals surface area contributed by atoms with Gasteiger partial charge in [-0.1, -0.05) is 6.07 Å². The zero-order chi connectivity index (χ0) is 11.1. The number of carboxylic acid groups (broad SMARTS) is 1. The van der Waals surface area contributed by atoms with E-state index in [1.54, 1.807) is 12.1 Å². The van der Waals surface area contributed by atoms with E-state index in [4.69, 9.17) is 5.11 Å². The highest BCUT2D eigenvalue weighted by molar-refractivity contribution is 5.88. The molecule has 0 spiro atoms. The van der Waals surface area contributed by atoms with Crippen LogP contribution in [0.5, 0.6) is 0 Å². The molecular formula is C13H15NO2. The van der Waals surface area contributed by atoms with Gasteiger partial charge in [0.15, 0.2) is 0 Å². The summed E-state index contributed by atoms with van der Waals surface area (Å²) in [4.78, 5) is 13.3. The standard InChI is InChI=1S/C13H15NO2/c15-13(16)10-2-1-3-11(7-10)14-8-9-4-5-12(14)6-9/h1-3,7,9,12H,4-6,8H2,(H,15,16). The Kier molecular flexibility index (Phi) is 2.13. The van der Waals surface area contributed by atoms with Gasteiger partial charge >= 0.3 is 5.97 Å². The summed E-state index contributed by atoms with van der Waals surface area (Å²) in [6.07, 6.45) is 3.90. The first kappa shape index (κ1) is 9.70. The molecule has 1 aliphatic heterocycles. The lowest BCUT2D eigenvalue weighted by Crippen LogP contribution is -2.31. The van der Waals surface area contributed by atoms with Crippen molar-refractivity contribution in [1.29, 1.82) is 0 Å². The number of piperidine rings is 1. The van der Waals surface area contributed by atoms with Crippen LogP contribution in [0.1, 0.15) is 29.6 Å². The summed E-state index contributed by atoms with van der Waals surface area (Å²) in [6, 6.07) is 7.95. The van der Waals surface area contributed by atoms with Gasteiger partial charge in [-0.3, -0.25) is 0 Å². The van der Waals surface area contributed by atoms with Crippen LogP contribution in [-0.4, -0.2) is 23.7 Å². The van der Waals surface area contributed by atoms with E-state index in [0.717, 1.165) is 18.2 Å². The number of benzene rings is 1. The molecule has 1 aromatic carbocycles. The highest BCUT2D eigenvalue weighted by Crippen LogP contribution is 2.40. The topological polar surface area (TPSA) is 40.5 Å². The fourth-order valence-corrected chi connectivity index (χ4v) is 3.06. The molecule has 2 aliphatic rings. The van der Waals surface area contributed by atoms with E-state index >= 15 is 0 Å². The van der Waals surface area contributed by atoms with Crippen molar-refractivity contribution < 1.29 is 9.90 Å². The molecule has 1 aliphatic carbocycles. The third-order valence-electron chi connectivity index (χ3n) is 3.83. The second kappa shape index (κ2) is 3.51. The Labute approximate surface area is 94.7 Å². The minimum absolute atomic E-state index is 0.389. The lowest BCUT2D eigenvalue weighted by atomic mass is 10.1. The molecule has 84 valence electrons. The number of hydrogen-bond acceptors (Lipinski definition) is 2. The third-order valence-corrected chi connectivity index (χ3v) is 3.83. The van der Waals surface area contributed by atoms with Crippen LogP contribution in [0.2, 0.25) is 0 Å². The first-order chi connectivity index (χ1) is 7.74. The fraction of sp³-hybridized carbons (Fsp3) is 0.462. The van der Waals surface area contributed by atoms with Crippen molar-refractivity contribution in [2.24, 2.45) is 5.92 Å². The van der Waals surface area contributed by atoms with E-state index in [-0.39, 0.29) is 0 Å². The number of nitrogens with zero attached hydrogens (tertiary/aromatic N) is 1. The van der Waals surface area contributed by atoms with Gasteiger partial charge in [0.2, 0.25) is 0 Å². The minimum Gasteiger partial charge on any atom is -0.478 e. The van der Waals surface area contributed by atoms with E-state index < -0.39 is 5.97 Å². The number of anilines is 1. The zero-order valence-electron chi connectivity index (χ0n) is 9.10. The van der Waals surface area contributed by atoms with E-state index in [1.807, 2.05) is 12.1 Å². The third kappa shape index (κ3) is 1.47. The fourth-order valence-electron chi connectivity index (χ4n) is 3.06. The van der Waals surface area contributed by atoms with Crippen LogP contribution in [0.15, 0.2) is 24.3 Å². The van der Waals surface area contributed by atoms with Crippen LogP contribution in [0.3, 0.4) is 0 Å². The second-order valence-corrected chi connectivity index (χ2v) is 4.84. The molecule has 2 unspecified atom stereocenters. The van der Waals surface area contributed by atoms with Crippen LogP contribution >= 0.6 is 0 Å². The van der Waals surface area contributed by atoms with Gasteiger partial charge in [0, 0.05) is 18.3 Å². The SMILES string of the molecule is O=C(O)c1cccc(N2CC3CCC2C3)c1. The van der Waals surface area contributed by atoms with Crippen LogP contribution in [-0.2, 0) is 0 Å². The van der Waals surface area contributed by atoms with Gasteiger partial charge in [0.05, 0.1) is 5.56 Å². The van der Waals surface area contributed by atoms with Crippen molar-refractivity contribution in [1.82, 2.24) is 0 Å². The van der Waals surface area contributed by atoms with Crippen molar-refractivity contribution in [2.45, 2.75) is 25.3 Å². The summed E-state index contributed by atoms with van der Waals surface area (Å²) in [7, 11) is 0. The number of aromatic carboxylic acids is 1. The van der Waals surface area contributed by atoms with Crippen molar-refractivity contribution >= 4 is 11.7 Å². The molecule has 2 fully saturated rings. The van der Waals surface area contributed by atoms with E-state index in [1.165, 1.54) is 19.3 Å². The Morgan fingerprint density at radius 3 is 2.88 bits per heavy atom. The van der Waals surface area contributed by atoms with Gasteiger partial charge in [-0.15, -0.1) is 0 Å². The normalized spacial score (nSPS) is 27.4. The van der Waals surface area contributed by atoms with Crippen molar-refractivity contribution in [3.05, 3.63) is 29.8 Å². The maximum absolute atomic E-state index is 10.9. The maximum atomic E-state index is 10.9. The van der Waals surface area contributed by atoms with Gasteiger partial charge in [-0.25, -0.2) is 4.79 Å². The number of carboxylic acids is 1. The van der Waals surface area contributed by atoms with E-state index in [9.17, 15) is 4.79 Å². The van der Waals surface area contributed by atoms with Gasteiger partial charge in [0.1, 0.15) is 0 Å². The lowest BCUT2D eigenvalue weighted by molar-refractivity contribution is 0.0697. The lowest BCUT2D eigenvalue weighted by Gasteiger charge is -2.29. The number of hydrogen-bond donors (Lipinski definition) is 1. The zero-order valence-corrected chi connectivity index (χ0v) is 9.10. The molecule has 1 N–H and O–H groups in total. The molecule has 1 saturated heterocycles. The Hall–Kier alpha value is -1.51. The minimum atomic E-state index is -0.841. The summed E-state index contributed by atoms with van der Waals surface area (Å²) in [6.45, 7) is 1.10. The molecule has 0 amide bonds. The monoisotopic (exact) mass is 217 g/mol. The first-order valence-electron chi connectivity index (χ1n) is 5.84. The van der Waals surface area contributed by atoms with Crippen molar-refractivity contribution in [2.75, 3.05) is 11.4 Å². The van der Waals surface area contributed by atoms with Crippen molar-refractivity contribution in [3.8, 4) is 0 Å². The second-order valence-electron chi connectivity index (χ2n) is 4.84. The summed E-state index contributed by atoms with van der Waals surface area (Å²) in [5.74, 6) is -0.00955. The summed E-state index contributed by atoms with van der Waals surface area (Å²) in [5.41, 5.74) is 1.47. The van der Waals surface area contributed by atoms with Gasteiger partial charge < -0.3 is 10.0 Å².